The van der Waals surface area contributed by atoms with Gasteiger partial charge < -0.3 is 5.32 Å². The molecule has 156 valence electrons. The molecule has 0 saturated carbocycles. The zero-order chi connectivity index (χ0) is 21.5. The van der Waals surface area contributed by atoms with Gasteiger partial charge in [0.05, 0.1) is 22.8 Å². The second-order valence-corrected chi connectivity index (χ2v) is 7.55. The van der Waals surface area contributed by atoms with Gasteiger partial charge in [-0.05, 0) is 30.5 Å². The zero-order valence-electron chi connectivity index (χ0n) is 15.4. The van der Waals surface area contributed by atoms with E-state index in [-0.39, 0.29) is 28.6 Å². The van der Waals surface area contributed by atoms with E-state index in [1.165, 1.54) is 11.3 Å². The highest BCUT2D eigenvalue weighted by atomic mass is 35.5. The second kappa shape index (κ2) is 7.73. The van der Waals surface area contributed by atoms with Gasteiger partial charge in [-0.1, -0.05) is 17.7 Å². The van der Waals surface area contributed by atoms with Crippen molar-refractivity contribution in [2.24, 2.45) is 0 Å². The Bertz CT molecular complexity index is 1210. The Morgan fingerprint density at radius 2 is 2.13 bits per heavy atom. The number of hydrogen-bond donors (Lipinski definition) is 1. The van der Waals surface area contributed by atoms with Gasteiger partial charge in [0.1, 0.15) is 5.02 Å². The molecule has 0 atom stereocenters. The van der Waals surface area contributed by atoms with Crippen molar-refractivity contribution in [3.8, 4) is 10.6 Å². The highest BCUT2D eigenvalue weighted by molar-refractivity contribution is 7.13. The average molecular weight is 455 g/mol. The van der Waals surface area contributed by atoms with Crippen LogP contribution in [0, 0.1) is 0 Å². The van der Waals surface area contributed by atoms with E-state index in [0.717, 1.165) is 11.8 Å². The summed E-state index contributed by atoms with van der Waals surface area (Å²) in [6.07, 6.45) is -3.13. The van der Waals surface area contributed by atoms with E-state index >= 15 is 0 Å². The van der Waals surface area contributed by atoms with Crippen molar-refractivity contribution < 1.29 is 18.0 Å². The van der Waals surface area contributed by atoms with Crippen molar-refractivity contribution in [1.29, 1.82) is 0 Å². The van der Waals surface area contributed by atoms with Crippen molar-refractivity contribution in [3.63, 3.8) is 0 Å². The standard InChI is InChI=1S/C18H14ClF3N6OS/c1-2-27-10(5-6-24-27)9-23-17(29)15-14(19)16-25-11(12-4-3-7-30-12)8-13(18(20,21)22)28(16)26-15/h3-8H,2,9H2,1H3,(H,23,29). The monoisotopic (exact) mass is 454 g/mol. The van der Waals surface area contributed by atoms with Gasteiger partial charge >= 0.3 is 6.18 Å². The topological polar surface area (TPSA) is 77.1 Å². The Balaban J connectivity index is 1.74. The summed E-state index contributed by atoms with van der Waals surface area (Å²) in [4.78, 5) is 17.4. The lowest BCUT2D eigenvalue weighted by molar-refractivity contribution is -0.142. The summed E-state index contributed by atoms with van der Waals surface area (Å²) in [5, 5.41) is 12.0. The lowest BCUT2D eigenvalue weighted by Crippen LogP contribution is -2.25. The zero-order valence-corrected chi connectivity index (χ0v) is 17.0. The summed E-state index contributed by atoms with van der Waals surface area (Å²) in [6.45, 7) is 2.63. The van der Waals surface area contributed by atoms with Crippen molar-refractivity contribution in [2.45, 2.75) is 26.2 Å². The van der Waals surface area contributed by atoms with Gasteiger partial charge in [0.15, 0.2) is 17.0 Å². The van der Waals surface area contributed by atoms with Crippen LogP contribution in [0.25, 0.3) is 16.2 Å². The number of carbonyl (C=O) groups excluding carboxylic acids is 1. The number of hydrogen-bond acceptors (Lipinski definition) is 5. The Labute approximate surface area is 177 Å². The number of nitrogens with one attached hydrogen (secondary N) is 1. The molecule has 1 amide bonds. The van der Waals surface area contributed by atoms with E-state index in [9.17, 15) is 18.0 Å². The number of nitrogens with zero attached hydrogens (tertiary/aromatic N) is 5. The first kappa shape index (κ1) is 20.4. The van der Waals surface area contributed by atoms with Crippen LogP contribution < -0.4 is 5.32 Å². The average Bonchev–Trinajstić information content (AvgIpc) is 3.45. The van der Waals surface area contributed by atoms with E-state index in [0.29, 0.717) is 15.9 Å². The van der Waals surface area contributed by atoms with Crippen LogP contribution in [0.5, 0.6) is 0 Å². The van der Waals surface area contributed by atoms with E-state index in [1.807, 2.05) is 6.92 Å². The molecule has 12 heteroatoms. The highest BCUT2D eigenvalue weighted by Crippen LogP contribution is 2.35. The predicted molar refractivity (Wildman–Crippen MR) is 105 cm³/mol. The molecule has 0 aliphatic carbocycles. The van der Waals surface area contributed by atoms with E-state index in [1.54, 1.807) is 34.5 Å². The summed E-state index contributed by atoms with van der Waals surface area (Å²) in [5.74, 6) is -0.708. The number of halogens is 4. The number of rotatable bonds is 5. The van der Waals surface area contributed by atoms with Gasteiger partial charge in [0.2, 0.25) is 0 Å². The lowest BCUT2D eigenvalue weighted by Gasteiger charge is -2.10. The SMILES string of the molecule is CCn1nccc1CNC(=O)c1nn2c(C(F)(F)F)cc(-c3cccs3)nc2c1Cl. The van der Waals surface area contributed by atoms with Gasteiger partial charge in [-0.25, -0.2) is 9.50 Å². The molecule has 0 bridgehead atoms. The van der Waals surface area contributed by atoms with Crippen LogP contribution in [0.1, 0.15) is 28.8 Å². The molecule has 4 aromatic rings. The molecule has 4 aromatic heterocycles. The van der Waals surface area contributed by atoms with Crippen LogP contribution in [-0.4, -0.2) is 30.3 Å². The fraction of sp³-hybridized carbons (Fsp3) is 0.222. The first-order valence-corrected chi connectivity index (χ1v) is 10.0. The molecule has 0 radical (unpaired) electrons. The molecule has 0 saturated heterocycles. The molecule has 0 unspecified atom stereocenters. The number of fused-ring (bicyclic) bond motifs is 1. The maximum absolute atomic E-state index is 13.7. The third kappa shape index (κ3) is 3.65. The molecular formula is C18H14ClF3N6OS. The summed E-state index contributed by atoms with van der Waals surface area (Å²) in [7, 11) is 0. The highest BCUT2D eigenvalue weighted by Gasteiger charge is 2.36. The molecule has 4 heterocycles. The van der Waals surface area contributed by atoms with Gasteiger partial charge in [-0.2, -0.15) is 23.4 Å². The molecule has 1 N–H and O–H groups in total. The Morgan fingerprint density at radius 3 is 2.80 bits per heavy atom. The Hall–Kier alpha value is -2.92. The largest absolute Gasteiger partial charge is 0.433 e. The van der Waals surface area contributed by atoms with Gasteiger partial charge in [-0.15, -0.1) is 11.3 Å². The van der Waals surface area contributed by atoms with Crippen molar-refractivity contribution >= 4 is 34.5 Å². The molecule has 0 aliphatic heterocycles. The van der Waals surface area contributed by atoms with E-state index < -0.39 is 17.8 Å². The summed E-state index contributed by atoms with van der Waals surface area (Å²) < 4.78 is 43.2. The van der Waals surface area contributed by atoms with E-state index in [2.05, 4.69) is 20.5 Å². The minimum Gasteiger partial charge on any atom is -0.345 e. The van der Waals surface area contributed by atoms with E-state index in [4.69, 9.17) is 11.6 Å². The minimum atomic E-state index is -4.72. The second-order valence-electron chi connectivity index (χ2n) is 6.22. The molecule has 30 heavy (non-hydrogen) atoms. The quantitative estimate of drug-likeness (QED) is 0.488. The normalized spacial score (nSPS) is 11.9. The Kier molecular flexibility index (Phi) is 5.24. The number of carbonyl (C=O) groups is 1. The fourth-order valence-electron chi connectivity index (χ4n) is 2.94. The summed E-state index contributed by atoms with van der Waals surface area (Å²) >= 11 is 7.48. The van der Waals surface area contributed by atoms with Crippen molar-refractivity contribution in [2.75, 3.05) is 0 Å². The third-order valence-corrected chi connectivity index (χ3v) is 5.59. The lowest BCUT2D eigenvalue weighted by atomic mass is 10.2. The maximum atomic E-state index is 13.7. The number of alkyl halides is 3. The third-order valence-electron chi connectivity index (χ3n) is 4.35. The number of aryl methyl sites for hydroxylation is 1. The van der Waals surface area contributed by atoms with Crippen LogP contribution >= 0.6 is 22.9 Å². The maximum Gasteiger partial charge on any atom is 0.433 e. The molecule has 0 aliphatic rings. The number of aromatic nitrogens is 5. The van der Waals surface area contributed by atoms with Gasteiger partial charge in [0, 0.05) is 12.7 Å². The Morgan fingerprint density at radius 1 is 1.33 bits per heavy atom. The first-order chi connectivity index (χ1) is 14.3. The number of thiophene rings is 1. The molecule has 0 aromatic carbocycles. The molecule has 0 fully saturated rings. The van der Waals surface area contributed by atoms with Crippen LogP contribution in [0.2, 0.25) is 5.02 Å². The predicted octanol–water partition coefficient (Wildman–Crippen LogP) is 4.28. The van der Waals surface area contributed by atoms with Gasteiger partial charge in [-0.3, -0.25) is 9.48 Å². The van der Waals surface area contributed by atoms with Crippen molar-refractivity contribution in [1.82, 2.24) is 29.7 Å². The summed E-state index contributed by atoms with van der Waals surface area (Å²) in [5.41, 5.74) is -0.801. The van der Waals surface area contributed by atoms with Crippen LogP contribution in [0.15, 0.2) is 35.8 Å². The summed E-state index contributed by atoms with van der Waals surface area (Å²) in [6, 6.07) is 5.98. The molecule has 4 rings (SSSR count). The van der Waals surface area contributed by atoms with Crippen LogP contribution in [0.4, 0.5) is 13.2 Å². The molecule has 7 nitrogen and oxygen atoms in total. The van der Waals surface area contributed by atoms with Gasteiger partial charge in [0.25, 0.3) is 5.91 Å². The smallest absolute Gasteiger partial charge is 0.345 e. The van der Waals surface area contributed by atoms with Crippen LogP contribution in [0.3, 0.4) is 0 Å². The molecule has 0 spiro atoms. The number of amides is 1. The first-order valence-electron chi connectivity index (χ1n) is 8.78. The van der Waals surface area contributed by atoms with Crippen LogP contribution in [-0.2, 0) is 19.3 Å². The minimum absolute atomic E-state index is 0.102. The fourth-order valence-corrected chi connectivity index (χ4v) is 3.87. The van der Waals surface area contributed by atoms with Crippen molar-refractivity contribution in [3.05, 3.63) is 57.9 Å². The molecular weight excluding hydrogens is 441 g/mol.